The molecule has 3 rings (SSSR count). The van der Waals surface area contributed by atoms with Crippen LogP contribution in [0.5, 0.6) is 0 Å². The SMILES string of the molecule is CNc1nc(N[C@@]2(C)CCN(C)C2)nc2nc(C)cc(C)c12. The predicted molar refractivity (Wildman–Crippen MR) is 90.5 cm³/mol. The third-order valence-corrected chi connectivity index (χ3v) is 4.31. The molecule has 22 heavy (non-hydrogen) atoms. The summed E-state index contributed by atoms with van der Waals surface area (Å²) in [6, 6.07) is 2.06. The van der Waals surface area contributed by atoms with Gasteiger partial charge in [0, 0.05) is 25.8 Å². The smallest absolute Gasteiger partial charge is 0.227 e. The Bertz CT molecular complexity index is 713. The lowest BCUT2D eigenvalue weighted by molar-refractivity contribution is 0.391. The van der Waals surface area contributed by atoms with Crippen molar-refractivity contribution in [3.8, 4) is 0 Å². The van der Waals surface area contributed by atoms with Gasteiger partial charge in [-0.2, -0.15) is 9.97 Å². The highest BCUT2D eigenvalue weighted by Gasteiger charge is 2.32. The van der Waals surface area contributed by atoms with Gasteiger partial charge in [0.05, 0.1) is 10.9 Å². The molecule has 1 atom stereocenters. The molecule has 0 radical (unpaired) electrons. The maximum absolute atomic E-state index is 4.65. The van der Waals surface area contributed by atoms with Gasteiger partial charge in [0.15, 0.2) is 5.65 Å². The van der Waals surface area contributed by atoms with E-state index in [1.54, 1.807) is 0 Å². The lowest BCUT2D eigenvalue weighted by Crippen LogP contribution is -2.38. The number of likely N-dealkylation sites (tertiary alicyclic amines) is 1. The third kappa shape index (κ3) is 2.70. The Kier molecular flexibility index (Phi) is 3.64. The maximum Gasteiger partial charge on any atom is 0.227 e. The standard InChI is InChI=1S/C16H24N6/c1-10-8-11(2)18-14-12(10)13(17-4)19-15(20-14)21-16(3)6-7-22(5)9-16/h8H,6-7,9H2,1-5H3,(H2,17,18,19,20,21)/t16-/m0/s1. The van der Waals surface area contributed by atoms with Crippen molar-refractivity contribution >= 4 is 22.8 Å². The van der Waals surface area contributed by atoms with Gasteiger partial charge >= 0.3 is 0 Å². The largest absolute Gasteiger partial charge is 0.372 e. The molecule has 1 saturated heterocycles. The molecule has 2 aromatic rings. The highest BCUT2D eigenvalue weighted by atomic mass is 15.2. The Hall–Kier alpha value is -1.95. The summed E-state index contributed by atoms with van der Waals surface area (Å²) in [5.74, 6) is 1.47. The molecule has 0 amide bonds. The number of likely N-dealkylation sites (N-methyl/N-ethyl adjacent to an activating group) is 1. The molecule has 1 fully saturated rings. The molecule has 0 unspecified atom stereocenters. The second-order valence-corrected chi connectivity index (χ2v) is 6.60. The normalized spacial score (nSPS) is 22.2. The van der Waals surface area contributed by atoms with Crippen LogP contribution in [0.25, 0.3) is 11.0 Å². The molecule has 0 bridgehead atoms. The molecule has 0 spiro atoms. The van der Waals surface area contributed by atoms with Crippen LogP contribution in [0.1, 0.15) is 24.6 Å². The molecule has 6 heteroatoms. The van der Waals surface area contributed by atoms with E-state index in [1.165, 1.54) is 0 Å². The summed E-state index contributed by atoms with van der Waals surface area (Å²) < 4.78 is 0. The molecule has 2 N–H and O–H groups in total. The Morgan fingerprint density at radius 3 is 2.64 bits per heavy atom. The van der Waals surface area contributed by atoms with Crippen molar-refractivity contribution in [1.29, 1.82) is 0 Å². The average molecular weight is 300 g/mol. The number of aryl methyl sites for hydroxylation is 2. The van der Waals surface area contributed by atoms with Crippen LogP contribution in [0.2, 0.25) is 0 Å². The van der Waals surface area contributed by atoms with Gasteiger partial charge in [-0.25, -0.2) is 4.98 Å². The third-order valence-electron chi connectivity index (χ3n) is 4.31. The van der Waals surface area contributed by atoms with E-state index in [1.807, 2.05) is 14.0 Å². The molecule has 118 valence electrons. The van der Waals surface area contributed by atoms with E-state index in [4.69, 9.17) is 0 Å². The molecule has 0 aliphatic carbocycles. The Labute approximate surface area is 131 Å². The molecule has 2 aromatic heterocycles. The first-order valence-corrected chi connectivity index (χ1v) is 7.71. The Morgan fingerprint density at radius 2 is 2.00 bits per heavy atom. The monoisotopic (exact) mass is 300 g/mol. The lowest BCUT2D eigenvalue weighted by Gasteiger charge is -2.25. The minimum atomic E-state index is 0.00626. The van der Waals surface area contributed by atoms with Crippen molar-refractivity contribution in [2.45, 2.75) is 32.7 Å². The van der Waals surface area contributed by atoms with Gasteiger partial charge < -0.3 is 15.5 Å². The molecular formula is C16H24N6. The number of anilines is 2. The summed E-state index contributed by atoms with van der Waals surface area (Å²) in [4.78, 5) is 16.2. The van der Waals surface area contributed by atoms with Gasteiger partial charge in [-0.15, -0.1) is 0 Å². The zero-order valence-corrected chi connectivity index (χ0v) is 14.0. The maximum atomic E-state index is 4.65. The summed E-state index contributed by atoms with van der Waals surface area (Å²) >= 11 is 0. The second kappa shape index (κ2) is 5.35. The molecule has 0 saturated carbocycles. The first-order chi connectivity index (χ1) is 10.4. The van der Waals surface area contributed by atoms with Gasteiger partial charge in [-0.3, -0.25) is 0 Å². The highest BCUT2D eigenvalue weighted by molar-refractivity contribution is 5.90. The summed E-state index contributed by atoms with van der Waals surface area (Å²) in [6.45, 7) is 8.36. The van der Waals surface area contributed by atoms with Crippen LogP contribution in [0.3, 0.4) is 0 Å². The number of nitrogens with one attached hydrogen (secondary N) is 2. The van der Waals surface area contributed by atoms with E-state index in [-0.39, 0.29) is 5.54 Å². The van der Waals surface area contributed by atoms with Gasteiger partial charge in [-0.05, 0) is 45.9 Å². The zero-order valence-electron chi connectivity index (χ0n) is 14.0. The van der Waals surface area contributed by atoms with Gasteiger partial charge in [0.25, 0.3) is 0 Å². The number of fused-ring (bicyclic) bond motifs is 1. The van der Waals surface area contributed by atoms with Crippen molar-refractivity contribution < 1.29 is 0 Å². The van der Waals surface area contributed by atoms with E-state index in [0.717, 1.165) is 47.6 Å². The van der Waals surface area contributed by atoms with Crippen LogP contribution >= 0.6 is 0 Å². The molecule has 1 aliphatic rings. The first-order valence-electron chi connectivity index (χ1n) is 7.71. The molecule has 1 aliphatic heterocycles. The average Bonchev–Trinajstić information content (AvgIpc) is 2.76. The van der Waals surface area contributed by atoms with Crippen molar-refractivity contribution in [2.75, 3.05) is 37.8 Å². The summed E-state index contributed by atoms with van der Waals surface area (Å²) in [5, 5.41) is 7.68. The second-order valence-electron chi connectivity index (χ2n) is 6.60. The van der Waals surface area contributed by atoms with Gasteiger partial charge in [0.1, 0.15) is 5.82 Å². The van der Waals surface area contributed by atoms with Crippen LogP contribution in [-0.2, 0) is 0 Å². The fourth-order valence-corrected chi connectivity index (χ4v) is 3.28. The van der Waals surface area contributed by atoms with Crippen LogP contribution < -0.4 is 10.6 Å². The Morgan fingerprint density at radius 1 is 1.23 bits per heavy atom. The Balaban J connectivity index is 2.04. The number of aromatic nitrogens is 3. The highest BCUT2D eigenvalue weighted by Crippen LogP contribution is 2.28. The van der Waals surface area contributed by atoms with Gasteiger partial charge in [0.2, 0.25) is 5.95 Å². The minimum absolute atomic E-state index is 0.00626. The number of hydrogen-bond donors (Lipinski definition) is 2. The molecule has 3 heterocycles. The van der Waals surface area contributed by atoms with Crippen LogP contribution in [-0.4, -0.2) is 52.6 Å². The van der Waals surface area contributed by atoms with Crippen molar-refractivity contribution in [3.63, 3.8) is 0 Å². The zero-order chi connectivity index (χ0) is 15.9. The van der Waals surface area contributed by atoms with Crippen molar-refractivity contribution in [3.05, 3.63) is 17.3 Å². The first kappa shape index (κ1) is 15.0. The van der Waals surface area contributed by atoms with Crippen molar-refractivity contribution in [1.82, 2.24) is 19.9 Å². The molecular weight excluding hydrogens is 276 g/mol. The quantitative estimate of drug-likeness (QED) is 0.906. The van der Waals surface area contributed by atoms with E-state index >= 15 is 0 Å². The van der Waals surface area contributed by atoms with Crippen molar-refractivity contribution in [2.24, 2.45) is 0 Å². The molecule has 6 nitrogen and oxygen atoms in total. The van der Waals surface area contributed by atoms with Crippen LogP contribution in [0.4, 0.5) is 11.8 Å². The van der Waals surface area contributed by atoms with Gasteiger partial charge in [-0.1, -0.05) is 0 Å². The number of nitrogens with zero attached hydrogens (tertiary/aromatic N) is 4. The van der Waals surface area contributed by atoms with E-state index in [0.29, 0.717) is 5.95 Å². The van der Waals surface area contributed by atoms with Crippen LogP contribution in [0.15, 0.2) is 6.07 Å². The number of hydrogen-bond acceptors (Lipinski definition) is 6. The van der Waals surface area contributed by atoms with Crippen LogP contribution in [0, 0.1) is 13.8 Å². The lowest BCUT2D eigenvalue weighted by atomic mass is 10.0. The number of pyridine rings is 1. The minimum Gasteiger partial charge on any atom is -0.372 e. The van der Waals surface area contributed by atoms with E-state index in [2.05, 4.69) is 57.4 Å². The fourth-order valence-electron chi connectivity index (χ4n) is 3.28. The topological polar surface area (TPSA) is 66.0 Å². The summed E-state index contributed by atoms with van der Waals surface area (Å²) in [7, 11) is 4.03. The predicted octanol–water partition coefficient (Wildman–Crippen LogP) is 2.19. The van der Waals surface area contributed by atoms with E-state index in [9.17, 15) is 0 Å². The number of rotatable bonds is 3. The van der Waals surface area contributed by atoms with E-state index < -0.39 is 0 Å². The fraction of sp³-hybridized carbons (Fsp3) is 0.562. The molecule has 0 aromatic carbocycles. The summed E-state index contributed by atoms with van der Waals surface area (Å²) in [6.07, 6.45) is 1.08. The summed E-state index contributed by atoms with van der Waals surface area (Å²) in [5.41, 5.74) is 2.87.